The van der Waals surface area contributed by atoms with Crippen LogP contribution in [0.25, 0.3) is 5.76 Å². The number of halogens is 1. The summed E-state index contributed by atoms with van der Waals surface area (Å²) in [7, 11) is 0. The number of aliphatic hydroxyl groups is 1. The molecule has 1 aliphatic heterocycles. The number of hydrogen-bond donors (Lipinski definition) is 1. The molecular formula is C26H22ClNO3S. The molecule has 0 radical (unpaired) electrons. The van der Waals surface area contributed by atoms with Crippen LogP contribution in [0.1, 0.15) is 46.0 Å². The predicted molar refractivity (Wildman–Crippen MR) is 128 cm³/mol. The van der Waals surface area contributed by atoms with Gasteiger partial charge in [-0.15, -0.1) is 11.3 Å². The Morgan fingerprint density at radius 2 is 1.75 bits per heavy atom. The minimum absolute atomic E-state index is 0.119. The number of nitrogens with zero attached hydrogens (tertiary/aromatic N) is 1. The first-order chi connectivity index (χ1) is 15.5. The third kappa shape index (κ3) is 3.46. The van der Waals surface area contributed by atoms with E-state index in [9.17, 15) is 14.7 Å². The summed E-state index contributed by atoms with van der Waals surface area (Å²) in [5.74, 6) is -1.44. The molecule has 2 aromatic carbocycles. The quantitative estimate of drug-likeness (QED) is 0.285. The van der Waals surface area contributed by atoms with Crippen molar-refractivity contribution in [3.8, 4) is 0 Å². The Morgan fingerprint density at radius 3 is 2.44 bits per heavy atom. The molecule has 1 aliphatic carbocycles. The number of rotatable bonds is 3. The van der Waals surface area contributed by atoms with Crippen molar-refractivity contribution in [1.29, 1.82) is 0 Å². The van der Waals surface area contributed by atoms with Crippen LogP contribution >= 0.6 is 22.9 Å². The molecule has 1 saturated heterocycles. The average molecular weight is 464 g/mol. The van der Waals surface area contributed by atoms with E-state index in [2.05, 4.69) is 0 Å². The maximum Gasteiger partial charge on any atom is 0.300 e. The van der Waals surface area contributed by atoms with Gasteiger partial charge in [-0.3, -0.25) is 14.5 Å². The van der Waals surface area contributed by atoms with Crippen molar-refractivity contribution >= 4 is 46.1 Å². The fraction of sp³-hybridized carbons (Fsp3) is 0.231. The molecule has 3 aromatic rings. The first kappa shape index (κ1) is 21.0. The highest BCUT2D eigenvalue weighted by Crippen LogP contribution is 2.45. The van der Waals surface area contributed by atoms with Crippen molar-refractivity contribution in [3.05, 3.63) is 91.6 Å². The first-order valence-corrected chi connectivity index (χ1v) is 11.9. The first-order valence-electron chi connectivity index (χ1n) is 10.7. The summed E-state index contributed by atoms with van der Waals surface area (Å²) in [4.78, 5) is 28.8. The molecule has 1 amide bonds. The van der Waals surface area contributed by atoms with Gasteiger partial charge >= 0.3 is 0 Å². The van der Waals surface area contributed by atoms with Gasteiger partial charge in [-0.05, 0) is 91.1 Å². The van der Waals surface area contributed by atoms with E-state index in [0.717, 1.165) is 29.7 Å². The lowest BCUT2D eigenvalue weighted by Gasteiger charge is -2.25. The average Bonchev–Trinajstić information content (AvgIpc) is 3.34. The summed E-state index contributed by atoms with van der Waals surface area (Å²) in [6.45, 7) is 1.95. The van der Waals surface area contributed by atoms with Gasteiger partial charge in [-0.2, -0.15) is 0 Å². The minimum Gasteiger partial charge on any atom is -0.507 e. The molecule has 1 fully saturated rings. The molecule has 32 heavy (non-hydrogen) atoms. The maximum atomic E-state index is 13.2. The monoisotopic (exact) mass is 463 g/mol. The molecule has 162 valence electrons. The van der Waals surface area contributed by atoms with Gasteiger partial charge in [0.1, 0.15) is 11.8 Å². The summed E-state index contributed by atoms with van der Waals surface area (Å²) in [5.41, 5.74) is 4.75. The fourth-order valence-corrected chi connectivity index (χ4v) is 5.80. The molecule has 5 rings (SSSR count). The van der Waals surface area contributed by atoms with Crippen molar-refractivity contribution in [2.75, 3.05) is 4.90 Å². The maximum absolute atomic E-state index is 13.2. The zero-order valence-corrected chi connectivity index (χ0v) is 19.2. The minimum atomic E-state index is -0.688. The van der Waals surface area contributed by atoms with Crippen LogP contribution in [0.15, 0.2) is 59.5 Å². The van der Waals surface area contributed by atoms with Crippen molar-refractivity contribution in [1.82, 2.24) is 0 Å². The van der Waals surface area contributed by atoms with E-state index in [-0.39, 0.29) is 11.3 Å². The predicted octanol–water partition coefficient (Wildman–Crippen LogP) is 6.22. The molecule has 0 bridgehead atoms. The van der Waals surface area contributed by atoms with Crippen LogP contribution in [-0.2, 0) is 22.4 Å². The van der Waals surface area contributed by atoms with E-state index in [0.29, 0.717) is 16.3 Å². The lowest BCUT2D eigenvalue weighted by atomic mass is 9.89. The van der Waals surface area contributed by atoms with Gasteiger partial charge in [0.2, 0.25) is 0 Å². The van der Waals surface area contributed by atoms with Crippen molar-refractivity contribution in [3.63, 3.8) is 0 Å². The van der Waals surface area contributed by atoms with Crippen LogP contribution in [-0.4, -0.2) is 16.8 Å². The van der Waals surface area contributed by atoms with E-state index in [1.54, 1.807) is 24.3 Å². The van der Waals surface area contributed by atoms with E-state index in [1.807, 2.05) is 36.6 Å². The molecule has 2 aliphatic rings. The van der Waals surface area contributed by atoms with Gasteiger partial charge in [0.15, 0.2) is 0 Å². The Kier molecular flexibility index (Phi) is 5.39. The van der Waals surface area contributed by atoms with Crippen molar-refractivity contribution < 1.29 is 14.7 Å². The number of aryl methyl sites for hydroxylation is 3. The van der Waals surface area contributed by atoms with E-state index in [4.69, 9.17) is 11.6 Å². The molecule has 1 N–H and O–H groups in total. The molecule has 1 atom stereocenters. The number of aliphatic hydroxyl groups excluding tert-OH is 1. The lowest BCUT2D eigenvalue weighted by molar-refractivity contribution is -0.132. The van der Waals surface area contributed by atoms with Crippen LogP contribution in [0.4, 0.5) is 5.69 Å². The highest BCUT2D eigenvalue weighted by atomic mass is 35.5. The Morgan fingerprint density at radius 1 is 1.03 bits per heavy atom. The summed E-state index contributed by atoms with van der Waals surface area (Å²) in [6.07, 6.45) is 4.28. The van der Waals surface area contributed by atoms with Gasteiger partial charge < -0.3 is 5.11 Å². The molecular weight excluding hydrogens is 442 g/mol. The second kappa shape index (κ2) is 8.23. The van der Waals surface area contributed by atoms with Crippen LogP contribution in [0.5, 0.6) is 0 Å². The number of carbonyl (C=O) groups is 2. The standard InChI is InChI=1S/C26H22ClNO3S/c1-15-12-13-32-25(15)22-21(23(29)18-7-6-16-4-2-3-5-17(16)14-18)24(30)26(31)28(22)20-10-8-19(27)9-11-20/h6-14,22,29H,2-5H2,1H3/b23-21-. The molecule has 1 aromatic heterocycles. The van der Waals surface area contributed by atoms with E-state index < -0.39 is 17.7 Å². The van der Waals surface area contributed by atoms with Crippen LogP contribution in [0.3, 0.4) is 0 Å². The highest BCUT2D eigenvalue weighted by molar-refractivity contribution is 7.10. The summed E-state index contributed by atoms with van der Waals surface area (Å²) >= 11 is 7.52. The number of fused-ring (bicyclic) bond motifs is 1. The number of amides is 1. The SMILES string of the molecule is Cc1ccsc1C1/C(=C(/O)c2ccc3c(c2)CCCC3)C(=O)C(=O)N1c1ccc(Cl)cc1. The molecule has 1 unspecified atom stereocenters. The van der Waals surface area contributed by atoms with Crippen molar-refractivity contribution in [2.24, 2.45) is 0 Å². The zero-order valence-electron chi connectivity index (χ0n) is 17.6. The fourth-order valence-electron chi connectivity index (χ4n) is 4.65. The van der Waals surface area contributed by atoms with Gasteiger partial charge in [0.25, 0.3) is 11.7 Å². The Labute approximate surface area is 195 Å². The number of benzene rings is 2. The van der Waals surface area contributed by atoms with Crippen LogP contribution in [0, 0.1) is 6.92 Å². The summed E-state index contributed by atoms with van der Waals surface area (Å²) in [5, 5.41) is 13.8. The second-order valence-electron chi connectivity index (χ2n) is 8.30. The van der Waals surface area contributed by atoms with Crippen LogP contribution < -0.4 is 4.90 Å². The highest BCUT2D eigenvalue weighted by Gasteiger charge is 2.47. The Balaban J connectivity index is 1.69. The third-order valence-corrected chi connectivity index (χ3v) is 7.64. The summed E-state index contributed by atoms with van der Waals surface area (Å²) in [6, 6.07) is 14.0. The number of thiophene rings is 1. The lowest BCUT2D eigenvalue weighted by Crippen LogP contribution is -2.29. The molecule has 0 spiro atoms. The Bertz CT molecular complexity index is 1260. The van der Waals surface area contributed by atoms with Crippen molar-refractivity contribution in [2.45, 2.75) is 38.6 Å². The second-order valence-corrected chi connectivity index (χ2v) is 9.69. The zero-order chi connectivity index (χ0) is 22.4. The normalized spacial score (nSPS) is 19.9. The third-order valence-electron chi connectivity index (χ3n) is 6.32. The Hall–Kier alpha value is -2.89. The van der Waals surface area contributed by atoms with Gasteiger partial charge in [0.05, 0.1) is 5.57 Å². The number of hydrogen-bond acceptors (Lipinski definition) is 4. The largest absolute Gasteiger partial charge is 0.507 e. The molecule has 0 saturated carbocycles. The van der Waals surface area contributed by atoms with Gasteiger partial charge in [0, 0.05) is 21.2 Å². The summed E-state index contributed by atoms with van der Waals surface area (Å²) < 4.78 is 0. The smallest absolute Gasteiger partial charge is 0.300 e. The number of Topliss-reactive ketones (excluding diaryl/α,β-unsaturated/α-hetero) is 1. The van der Waals surface area contributed by atoms with Gasteiger partial charge in [-0.1, -0.05) is 23.7 Å². The molecule has 6 heteroatoms. The number of ketones is 1. The molecule has 2 heterocycles. The number of carbonyl (C=O) groups excluding carboxylic acids is 2. The van der Waals surface area contributed by atoms with E-state index in [1.165, 1.54) is 33.8 Å². The van der Waals surface area contributed by atoms with E-state index >= 15 is 0 Å². The van der Waals surface area contributed by atoms with Gasteiger partial charge in [-0.25, -0.2) is 0 Å². The van der Waals surface area contributed by atoms with Crippen LogP contribution in [0.2, 0.25) is 5.02 Å². The topological polar surface area (TPSA) is 57.6 Å². The number of anilines is 1. The molecule has 4 nitrogen and oxygen atoms in total.